The molecule has 0 saturated carbocycles. The lowest BCUT2D eigenvalue weighted by Gasteiger charge is -1.94. The van der Waals surface area contributed by atoms with Gasteiger partial charge >= 0.3 is 0 Å². The van der Waals surface area contributed by atoms with Gasteiger partial charge in [-0.2, -0.15) is 10.5 Å². The van der Waals surface area contributed by atoms with Gasteiger partial charge in [0.25, 0.3) is 0 Å². The Hall–Kier alpha value is -2.64. The number of aromatic nitrogens is 2. The smallest absolute Gasteiger partial charge is 0.141 e. The zero-order valence-corrected chi connectivity index (χ0v) is 11.3. The lowest BCUT2D eigenvalue weighted by atomic mass is 10.3. The van der Waals surface area contributed by atoms with Crippen molar-refractivity contribution in [3.8, 4) is 12.1 Å². The fraction of sp³-hybridized carbons (Fsp3) is 0. The van der Waals surface area contributed by atoms with Crippen molar-refractivity contribution in [3.63, 3.8) is 0 Å². The summed E-state index contributed by atoms with van der Waals surface area (Å²) in [5.41, 5.74) is 12.6. The van der Waals surface area contributed by atoms with Crippen LogP contribution in [0.2, 0.25) is 0 Å². The standard InChI is InChI=1S/C6H4BrN3.C6H5N3/c7-6-5(9)2-1-4(3-8)10-6;7-3-6-2-1-5(8)4-9-6/h1-2H,9H2;1-2,4H,8H2. The molecule has 0 aromatic carbocycles. The van der Waals surface area contributed by atoms with Crippen LogP contribution in [-0.2, 0) is 0 Å². The monoisotopic (exact) mass is 316 g/mol. The van der Waals surface area contributed by atoms with Crippen LogP contribution in [-0.4, -0.2) is 9.97 Å². The normalized spacial score (nSPS) is 8.58. The Kier molecular flexibility index (Phi) is 5.27. The Bertz CT molecular complexity index is 639. The number of halogens is 1. The summed E-state index contributed by atoms with van der Waals surface area (Å²) in [6.45, 7) is 0. The molecule has 6 nitrogen and oxygen atoms in total. The van der Waals surface area contributed by atoms with E-state index in [9.17, 15) is 0 Å². The van der Waals surface area contributed by atoms with Crippen molar-refractivity contribution in [2.75, 3.05) is 11.5 Å². The summed E-state index contributed by atoms with van der Waals surface area (Å²) < 4.78 is 0.520. The molecule has 19 heavy (non-hydrogen) atoms. The van der Waals surface area contributed by atoms with E-state index in [0.717, 1.165) is 0 Å². The zero-order valence-electron chi connectivity index (χ0n) is 9.71. The molecule has 4 N–H and O–H groups in total. The molecule has 0 saturated heterocycles. The van der Waals surface area contributed by atoms with Crippen LogP contribution in [0.15, 0.2) is 35.1 Å². The highest BCUT2D eigenvalue weighted by Gasteiger charge is 1.96. The van der Waals surface area contributed by atoms with Gasteiger partial charge in [-0.05, 0) is 40.2 Å². The highest BCUT2D eigenvalue weighted by atomic mass is 79.9. The van der Waals surface area contributed by atoms with Gasteiger partial charge in [0.2, 0.25) is 0 Å². The third-order valence-corrected chi connectivity index (χ3v) is 2.53. The molecule has 0 radical (unpaired) electrons. The van der Waals surface area contributed by atoms with Crippen molar-refractivity contribution in [1.29, 1.82) is 10.5 Å². The molecule has 0 fully saturated rings. The van der Waals surface area contributed by atoms with Crippen LogP contribution in [0, 0.1) is 22.7 Å². The van der Waals surface area contributed by atoms with E-state index in [-0.39, 0.29) is 0 Å². The first-order valence-corrected chi connectivity index (χ1v) is 5.80. The molecule has 94 valence electrons. The van der Waals surface area contributed by atoms with E-state index >= 15 is 0 Å². The van der Waals surface area contributed by atoms with Crippen molar-refractivity contribution in [2.45, 2.75) is 0 Å². The number of anilines is 2. The van der Waals surface area contributed by atoms with Crippen LogP contribution in [0.4, 0.5) is 11.4 Å². The van der Waals surface area contributed by atoms with E-state index in [1.807, 2.05) is 12.1 Å². The van der Waals surface area contributed by atoms with E-state index in [2.05, 4.69) is 25.9 Å². The molecule has 0 aliphatic carbocycles. The second-order valence-electron chi connectivity index (χ2n) is 3.28. The van der Waals surface area contributed by atoms with E-state index in [1.54, 1.807) is 24.3 Å². The number of pyridine rings is 2. The maximum atomic E-state index is 8.38. The molecule has 0 unspecified atom stereocenters. The second kappa shape index (κ2) is 6.94. The first-order chi connectivity index (χ1) is 9.06. The second-order valence-corrected chi connectivity index (χ2v) is 4.03. The van der Waals surface area contributed by atoms with Gasteiger partial charge in [-0.15, -0.1) is 0 Å². The molecule has 0 atom stereocenters. The SMILES string of the molecule is N#Cc1ccc(N)c(Br)n1.N#Cc1ccc(N)cn1. The first kappa shape index (κ1) is 14.4. The minimum absolute atomic E-state index is 0.362. The summed E-state index contributed by atoms with van der Waals surface area (Å²) in [5.74, 6) is 0. The highest BCUT2D eigenvalue weighted by Crippen LogP contribution is 2.15. The van der Waals surface area contributed by atoms with Gasteiger partial charge in [0, 0.05) is 0 Å². The van der Waals surface area contributed by atoms with Crippen molar-refractivity contribution in [1.82, 2.24) is 9.97 Å². The molecule has 2 aromatic heterocycles. The number of nitrogen functional groups attached to an aromatic ring is 2. The van der Waals surface area contributed by atoms with Gasteiger partial charge in [-0.25, -0.2) is 9.97 Å². The topological polar surface area (TPSA) is 125 Å². The summed E-state index contributed by atoms with van der Waals surface area (Å²) >= 11 is 3.10. The summed E-state index contributed by atoms with van der Waals surface area (Å²) in [5, 5.41) is 16.7. The summed E-state index contributed by atoms with van der Waals surface area (Å²) in [7, 11) is 0. The first-order valence-electron chi connectivity index (χ1n) is 5.00. The van der Waals surface area contributed by atoms with Crippen molar-refractivity contribution >= 4 is 27.3 Å². The average molecular weight is 317 g/mol. The van der Waals surface area contributed by atoms with Gasteiger partial charge in [-0.1, -0.05) is 0 Å². The molecule has 2 aromatic rings. The molecule has 0 bridgehead atoms. The molecule has 0 spiro atoms. The third kappa shape index (κ3) is 4.62. The number of nitriles is 2. The molecule has 0 aliphatic rings. The minimum atomic E-state index is 0.362. The van der Waals surface area contributed by atoms with Crippen LogP contribution in [0.5, 0.6) is 0 Å². The maximum Gasteiger partial charge on any atom is 0.141 e. The number of hydrogen-bond acceptors (Lipinski definition) is 6. The summed E-state index contributed by atoms with van der Waals surface area (Å²) in [6.07, 6.45) is 1.46. The number of nitrogens with two attached hydrogens (primary N) is 2. The minimum Gasteiger partial charge on any atom is -0.397 e. The molecule has 2 heterocycles. The number of rotatable bonds is 0. The van der Waals surface area contributed by atoms with Gasteiger partial charge < -0.3 is 11.5 Å². The Balaban J connectivity index is 0.000000191. The third-order valence-electron chi connectivity index (χ3n) is 1.89. The van der Waals surface area contributed by atoms with E-state index < -0.39 is 0 Å². The van der Waals surface area contributed by atoms with Crippen molar-refractivity contribution in [2.24, 2.45) is 0 Å². The molecule has 0 aliphatic heterocycles. The molecular weight excluding hydrogens is 308 g/mol. The van der Waals surface area contributed by atoms with Crippen LogP contribution in [0.3, 0.4) is 0 Å². The Labute approximate surface area is 118 Å². The summed E-state index contributed by atoms with van der Waals surface area (Å²) in [6, 6.07) is 10.2. The molecular formula is C12H9BrN6. The van der Waals surface area contributed by atoms with E-state index in [1.165, 1.54) is 6.20 Å². The molecule has 7 heteroatoms. The van der Waals surface area contributed by atoms with Crippen LogP contribution < -0.4 is 11.5 Å². The fourth-order valence-electron chi connectivity index (χ4n) is 0.979. The van der Waals surface area contributed by atoms with Gasteiger partial charge in [-0.3, -0.25) is 0 Å². The predicted octanol–water partition coefficient (Wildman–Crippen LogP) is 1.83. The Morgan fingerprint density at radius 3 is 2.11 bits per heavy atom. The Morgan fingerprint density at radius 1 is 1.00 bits per heavy atom. The van der Waals surface area contributed by atoms with Gasteiger partial charge in [0.05, 0.1) is 17.6 Å². The quantitative estimate of drug-likeness (QED) is 0.714. The number of hydrogen-bond donors (Lipinski definition) is 2. The highest BCUT2D eigenvalue weighted by molar-refractivity contribution is 9.10. The van der Waals surface area contributed by atoms with E-state index in [0.29, 0.717) is 27.4 Å². The zero-order chi connectivity index (χ0) is 14.3. The lowest BCUT2D eigenvalue weighted by Crippen LogP contribution is -1.90. The van der Waals surface area contributed by atoms with Crippen LogP contribution in [0.25, 0.3) is 0 Å². The van der Waals surface area contributed by atoms with Gasteiger partial charge in [0.1, 0.15) is 28.1 Å². The fourth-order valence-corrected chi connectivity index (χ4v) is 1.30. The molecule has 2 rings (SSSR count). The van der Waals surface area contributed by atoms with Crippen LogP contribution in [0.1, 0.15) is 11.4 Å². The molecule has 0 amide bonds. The van der Waals surface area contributed by atoms with Crippen molar-refractivity contribution < 1.29 is 0 Å². The summed E-state index contributed by atoms with van der Waals surface area (Å²) in [4.78, 5) is 7.53. The lowest BCUT2D eigenvalue weighted by molar-refractivity contribution is 1.23. The van der Waals surface area contributed by atoms with Gasteiger partial charge in [0.15, 0.2) is 0 Å². The van der Waals surface area contributed by atoms with E-state index in [4.69, 9.17) is 22.0 Å². The van der Waals surface area contributed by atoms with Crippen LogP contribution >= 0.6 is 15.9 Å². The number of nitrogens with zero attached hydrogens (tertiary/aromatic N) is 4. The average Bonchev–Trinajstić information content (AvgIpc) is 2.43. The predicted molar refractivity (Wildman–Crippen MR) is 74.4 cm³/mol. The van der Waals surface area contributed by atoms with Crippen molar-refractivity contribution in [3.05, 3.63) is 46.5 Å². The largest absolute Gasteiger partial charge is 0.397 e. The Morgan fingerprint density at radius 2 is 1.63 bits per heavy atom. The maximum absolute atomic E-state index is 8.38.